The van der Waals surface area contributed by atoms with Gasteiger partial charge in [0.2, 0.25) is 11.8 Å². The Kier molecular flexibility index (Phi) is 2.65. The van der Waals surface area contributed by atoms with Crippen molar-refractivity contribution >= 4 is 11.8 Å². The van der Waals surface area contributed by atoms with Crippen molar-refractivity contribution in [1.29, 1.82) is 0 Å². The average molecular weight is 224 g/mol. The predicted molar refractivity (Wildman–Crippen MR) is 56.3 cm³/mol. The van der Waals surface area contributed by atoms with Crippen molar-refractivity contribution in [3.63, 3.8) is 0 Å². The molecule has 1 heterocycles. The van der Waals surface area contributed by atoms with Crippen LogP contribution < -0.4 is 11.5 Å². The van der Waals surface area contributed by atoms with E-state index < -0.39 is 11.9 Å². The van der Waals surface area contributed by atoms with E-state index >= 15 is 0 Å². The number of rotatable bonds is 2. The highest BCUT2D eigenvalue weighted by Crippen LogP contribution is 2.42. The highest BCUT2D eigenvalue weighted by Gasteiger charge is 2.43. The van der Waals surface area contributed by atoms with E-state index in [4.69, 9.17) is 11.5 Å². The van der Waals surface area contributed by atoms with Crippen molar-refractivity contribution in [2.24, 2.45) is 27.6 Å². The maximum atomic E-state index is 11.0. The lowest BCUT2D eigenvalue weighted by Crippen LogP contribution is -2.38. The fourth-order valence-corrected chi connectivity index (χ4v) is 2.54. The molecule has 1 aliphatic carbocycles. The van der Waals surface area contributed by atoms with Crippen LogP contribution >= 0.6 is 0 Å². The Morgan fingerprint density at radius 1 is 1.12 bits per heavy atom. The highest BCUT2D eigenvalue weighted by atomic mass is 16.1. The topological polar surface area (TPSA) is 111 Å². The second-order valence-corrected chi connectivity index (χ2v) is 4.74. The third kappa shape index (κ3) is 1.91. The second-order valence-electron chi connectivity index (χ2n) is 4.74. The maximum absolute atomic E-state index is 11.0. The van der Waals surface area contributed by atoms with Crippen LogP contribution in [0.4, 0.5) is 0 Å². The third-order valence-corrected chi connectivity index (χ3v) is 3.63. The Hall–Kier alpha value is -1.46. The molecule has 1 aliphatic heterocycles. The molecule has 4 N–H and O–H groups in total. The Labute approximate surface area is 93.5 Å². The highest BCUT2D eigenvalue weighted by molar-refractivity contribution is 5.80. The van der Waals surface area contributed by atoms with E-state index in [9.17, 15) is 9.59 Å². The largest absolute Gasteiger partial charge is 0.369 e. The Morgan fingerprint density at radius 3 is 2.19 bits per heavy atom. The Morgan fingerprint density at radius 2 is 1.75 bits per heavy atom. The smallest absolute Gasteiger partial charge is 0.244 e. The zero-order chi connectivity index (χ0) is 11.8. The van der Waals surface area contributed by atoms with Crippen molar-refractivity contribution in [2.45, 2.75) is 43.7 Å². The van der Waals surface area contributed by atoms with E-state index in [0.29, 0.717) is 6.42 Å². The first-order valence-corrected chi connectivity index (χ1v) is 5.53. The summed E-state index contributed by atoms with van der Waals surface area (Å²) in [6.07, 6.45) is 3.61. The molecule has 2 rings (SSSR count). The maximum Gasteiger partial charge on any atom is 0.244 e. The number of primary amides is 2. The molecule has 88 valence electrons. The van der Waals surface area contributed by atoms with Gasteiger partial charge in [0.1, 0.15) is 0 Å². The van der Waals surface area contributed by atoms with Crippen molar-refractivity contribution in [1.82, 2.24) is 0 Å². The lowest BCUT2D eigenvalue weighted by Gasteiger charge is -2.32. The summed E-state index contributed by atoms with van der Waals surface area (Å²) in [5, 5.41) is 8.11. The van der Waals surface area contributed by atoms with Crippen molar-refractivity contribution in [3.8, 4) is 0 Å². The van der Waals surface area contributed by atoms with Crippen molar-refractivity contribution < 1.29 is 9.59 Å². The first kappa shape index (κ1) is 11.0. The summed E-state index contributed by atoms with van der Waals surface area (Å²) in [6.45, 7) is 0. The van der Waals surface area contributed by atoms with Gasteiger partial charge in [0.15, 0.2) is 6.04 Å². The lowest BCUT2D eigenvalue weighted by molar-refractivity contribution is -0.123. The monoisotopic (exact) mass is 224 g/mol. The van der Waals surface area contributed by atoms with Crippen LogP contribution in [0.2, 0.25) is 0 Å². The SMILES string of the molecule is NC(=O)C1CCC2(CC1)CC(C(N)=O)N=N2. The summed E-state index contributed by atoms with van der Waals surface area (Å²) in [7, 11) is 0. The number of hydrogen-bond donors (Lipinski definition) is 2. The van der Waals surface area contributed by atoms with Crippen LogP contribution in [0.15, 0.2) is 10.2 Å². The minimum absolute atomic E-state index is 0.0477. The molecule has 6 nitrogen and oxygen atoms in total. The molecule has 6 heteroatoms. The average Bonchev–Trinajstić information content (AvgIpc) is 2.63. The first-order valence-electron chi connectivity index (χ1n) is 5.53. The van der Waals surface area contributed by atoms with Gasteiger partial charge in [0.25, 0.3) is 0 Å². The number of amides is 2. The quantitative estimate of drug-likeness (QED) is 0.693. The molecule has 0 aromatic carbocycles. The van der Waals surface area contributed by atoms with Gasteiger partial charge in [-0.05, 0) is 25.7 Å². The van der Waals surface area contributed by atoms with Gasteiger partial charge in [0.05, 0.1) is 5.54 Å². The summed E-state index contributed by atoms with van der Waals surface area (Å²) >= 11 is 0. The third-order valence-electron chi connectivity index (χ3n) is 3.63. The van der Waals surface area contributed by atoms with E-state index in [1.54, 1.807) is 0 Å². The van der Waals surface area contributed by atoms with Crippen LogP contribution in [-0.4, -0.2) is 23.4 Å². The molecule has 0 radical (unpaired) electrons. The second kappa shape index (κ2) is 3.84. The van der Waals surface area contributed by atoms with Gasteiger partial charge in [-0.1, -0.05) is 0 Å². The number of carbonyl (C=O) groups excluding carboxylic acids is 2. The van der Waals surface area contributed by atoms with Gasteiger partial charge in [-0.25, -0.2) is 0 Å². The van der Waals surface area contributed by atoms with E-state index in [-0.39, 0.29) is 17.4 Å². The zero-order valence-corrected chi connectivity index (χ0v) is 9.06. The molecule has 0 saturated heterocycles. The first-order chi connectivity index (χ1) is 7.52. The molecule has 2 aliphatic rings. The van der Waals surface area contributed by atoms with E-state index in [1.807, 2.05) is 0 Å². The van der Waals surface area contributed by atoms with Gasteiger partial charge >= 0.3 is 0 Å². The van der Waals surface area contributed by atoms with Gasteiger partial charge in [-0.2, -0.15) is 10.2 Å². The molecule has 0 bridgehead atoms. The van der Waals surface area contributed by atoms with Gasteiger partial charge in [0, 0.05) is 12.3 Å². The van der Waals surface area contributed by atoms with Gasteiger partial charge in [-0.3, -0.25) is 9.59 Å². The van der Waals surface area contributed by atoms with E-state index in [1.165, 1.54) is 0 Å². The van der Waals surface area contributed by atoms with Crippen LogP contribution in [0.25, 0.3) is 0 Å². The molecule has 1 atom stereocenters. The minimum Gasteiger partial charge on any atom is -0.369 e. The molecule has 2 amide bonds. The van der Waals surface area contributed by atoms with Gasteiger partial charge in [-0.15, -0.1) is 0 Å². The standard InChI is InChI=1S/C10H16N4O2/c11-8(15)6-1-3-10(4-2-6)5-7(9(12)16)13-14-10/h6-7H,1-5H2,(H2,11,15)(H2,12,16). The fourth-order valence-electron chi connectivity index (χ4n) is 2.54. The molecular weight excluding hydrogens is 208 g/mol. The number of nitrogens with zero attached hydrogens (tertiary/aromatic N) is 2. The molecule has 1 spiro atoms. The molecular formula is C10H16N4O2. The van der Waals surface area contributed by atoms with E-state index in [2.05, 4.69) is 10.2 Å². The number of nitrogens with two attached hydrogens (primary N) is 2. The molecule has 0 aromatic heterocycles. The van der Waals surface area contributed by atoms with Crippen LogP contribution in [0.1, 0.15) is 32.1 Å². The molecule has 1 fully saturated rings. The number of carbonyl (C=O) groups is 2. The summed E-state index contributed by atoms with van der Waals surface area (Å²) in [5.41, 5.74) is 10.2. The summed E-state index contributed by atoms with van der Waals surface area (Å²) in [4.78, 5) is 22.0. The van der Waals surface area contributed by atoms with Crippen molar-refractivity contribution in [2.75, 3.05) is 0 Å². The molecule has 1 unspecified atom stereocenters. The lowest BCUT2D eigenvalue weighted by atomic mass is 9.74. The van der Waals surface area contributed by atoms with E-state index in [0.717, 1.165) is 25.7 Å². The van der Waals surface area contributed by atoms with Gasteiger partial charge < -0.3 is 11.5 Å². The molecule has 1 saturated carbocycles. The zero-order valence-electron chi connectivity index (χ0n) is 9.06. The van der Waals surface area contributed by atoms with Crippen LogP contribution in [0, 0.1) is 5.92 Å². The Bertz CT molecular complexity index is 345. The summed E-state index contributed by atoms with van der Waals surface area (Å²) < 4.78 is 0. The molecule has 16 heavy (non-hydrogen) atoms. The minimum atomic E-state index is -0.481. The van der Waals surface area contributed by atoms with Crippen LogP contribution in [0.5, 0.6) is 0 Å². The number of hydrogen-bond acceptors (Lipinski definition) is 4. The molecule has 0 aromatic rings. The predicted octanol–water partition coefficient (Wildman–Crippen LogP) is 0.111. The van der Waals surface area contributed by atoms with Crippen molar-refractivity contribution in [3.05, 3.63) is 0 Å². The summed E-state index contributed by atoms with van der Waals surface area (Å²) in [6, 6.07) is -0.481. The fraction of sp³-hybridized carbons (Fsp3) is 0.800. The number of azo groups is 1. The van der Waals surface area contributed by atoms with Crippen LogP contribution in [0.3, 0.4) is 0 Å². The summed E-state index contributed by atoms with van der Waals surface area (Å²) in [5.74, 6) is -0.706. The Balaban J connectivity index is 1.97. The van der Waals surface area contributed by atoms with Crippen LogP contribution in [-0.2, 0) is 9.59 Å². The normalized spacial score (nSPS) is 37.8.